The normalized spacial score (nSPS) is 21.8. The van der Waals surface area contributed by atoms with E-state index in [2.05, 4.69) is 10.6 Å². The monoisotopic (exact) mass is 246 g/mol. The van der Waals surface area contributed by atoms with Crippen LogP contribution >= 0.6 is 11.8 Å². The summed E-state index contributed by atoms with van der Waals surface area (Å²) in [7, 11) is 0. The van der Waals surface area contributed by atoms with Crippen molar-refractivity contribution in [2.24, 2.45) is 0 Å². The molecule has 1 aliphatic rings. The summed E-state index contributed by atoms with van der Waals surface area (Å²) in [6.07, 6.45) is 0. The molecule has 3 N–H and O–H groups in total. The fraction of sp³-hybridized carbons (Fsp3) is 0.800. The summed E-state index contributed by atoms with van der Waals surface area (Å²) in [6.45, 7) is 6.76. The van der Waals surface area contributed by atoms with Gasteiger partial charge >= 0.3 is 0 Å². The Labute approximate surface area is 99.4 Å². The standard InChI is InChI=1S/C10H18N2O3S/c1-9(2,10(3,4)15)12-7(13)6-5-16-8(14)11-6/h6,15H,5H2,1-4H3,(H,11,14)(H,12,13). The highest BCUT2D eigenvalue weighted by Gasteiger charge is 2.39. The fourth-order valence-corrected chi connectivity index (χ4v) is 1.85. The maximum Gasteiger partial charge on any atom is 0.279 e. The first kappa shape index (κ1) is 13.3. The van der Waals surface area contributed by atoms with Crippen molar-refractivity contribution in [2.45, 2.75) is 44.9 Å². The molecule has 16 heavy (non-hydrogen) atoms. The molecule has 1 rings (SSSR count). The molecule has 1 heterocycles. The van der Waals surface area contributed by atoms with Gasteiger partial charge in [0.25, 0.3) is 5.24 Å². The molecule has 1 atom stereocenters. The lowest BCUT2D eigenvalue weighted by Gasteiger charge is -2.38. The van der Waals surface area contributed by atoms with Crippen LogP contribution in [0.3, 0.4) is 0 Å². The molecule has 0 spiro atoms. The second kappa shape index (κ2) is 4.25. The van der Waals surface area contributed by atoms with Crippen LogP contribution in [0.25, 0.3) is 0 Å². The van der Waals surface area contributed by atoms with E-state index < -0.39 is 17.2 Å². The van der Waals surface area contributed by atoms with Gasteiger partial charge in [-0.2, -0.15) is 0 Å². The van der Waals surface area contributed by atoms with Crippen molar-refractivity contribution in [2.75, 3.05) is 5.75 Å². The molecule has 6 heteroatoms. The Bertz CT molecular complexity index is 310. The molecule has 0 radical (unpaired) electrons. The topological polar surface area (TPSA) is 78.4 Å². The van der Waals surface area contributed by atoms with Crippen molar-refractivity contribution in [3.05, 3.63) is 0 Å². The lowest BCUT2D eigenvalue weighted by atomic mass is 9.86. The first-order chi connectivity index (χ1) is 7.13. The maximum absolute atomic E-state index is 11.8. The molecule has 0 aliphatic carbocycles. The van der Waals surface area contributed by atoms with E-state index in [0.29, 0.717) is 5.75 Å². The van der Waals surface area contributed by atoms with Gasteiger partial charge in [-0.3, -0.25) is 9.59 Å². The molecule has 92 valence electrons. The van der Waals surface area contributed by atoms with Crippen molar-refractivity contribution in [3.63, 3.8) is 0 Å². The first-order valence-electron chi connectivity index (χ1n) is 5.11. The fourth-order valence-electron chi connectivity index (χ4n) is 1.07. The Morgan fingerprint density at radius 2 is 2.06 bits per heavy atom. The zero-order chi connectivity index (χ0) is 12.6. The quantitative estimate of drug-likeness (QED) is 0.676. The number of hydrogen-bond acceptors (Lipinski definition) is 4. The summed E-state index contributed by atoms with van der Waals surface area (Å²) in [5.41, 5.74) is -1.78. The smallest absolute Gasteiger partial charge is 0.279 e. The SMILES string of the molecule is CC(C)(O)C(C)(C)NC(=O)C1CSC(=O)N1. The second-order valence-electron chi connectivity index (χ2n) is 4.97. The van der Waals surface area contributed by atoms with Gasteiger partial charge in [-0.1, -0.05) is 11.8 Å². The Morgan fingerprint density at radius 1 is 1.50 bits per heavy atom. The van der Waals surface area contributed by atoms with Crippen LogP contribution in [-0.2, 0) is 4.79 Å². The van der Waals surface area contributed by atoms with E-state index in [4.69, 9.17) is 0 Å². The maximum atomic E-state index is 11.8. The Hall–Kier alpha value is -0.750. The lowest BCUT2D eigenvalue weighted by molar-refractivity contribution is -0.127. The van der Waals surface area contributed by atoms with Crippen LogP contribution in [0, 0.1) is 0 Å². The van der Waals surface area contributed by atoms with Gasteiger partial charge in [0, 0.05) is 5.75 Å². The zero-order valence-corrected chi connectivity index (χ0v) is 10.8. The molecular weight excluding hydrogens is 228 g/mol. The summed E-state index contributed by atoms with van der Waals surface area (Å²) >= 11 is 1.09. The van der Waals surface area contributed by atoms with Gasteiger partial charge < -0.3 is 15.7 Å². The molecule has 1 saturated heterocycles. The predicted octanol–water partition coefficient (Wildman–Crippen LogP) is 0.477. The van der Waals surface area contributed by atoms with Gasteiger partial charge in [-0.05, 0) is 27.7 Å². The first-order valence-corrected chi connectivity index (χ1v) is 6.10. The van der Waals surface area contributed by atoms with Gasteiger partial charge in [0.2, 0.25) is 5.91 Å². The van der Waals surface area contributed by atoms with Gasteiger partial charge in [-0.15, -0.1) is 0 Å². The number of rotatable bonds is 3. The van der Waals surface area contributed by atoms with Crippen LogP contribution in [0.5, 0.6) is 0 Å². The van der Waals surface area contributed by atoms with E-state index in [1.165, 1.54) is 0 Å². The molecule has 2 amide bonds. The summed E-state index contributed by atoms with van der Waals surface area (Å²) in [4.78, 5) is 22.7. The lowest BCUT2D eigenvalue weighted by Crippen LogP contribution is -2.60. The average Bonchev–Trinajstić information content (AvgIpc) is 2.48. The number of carbonyl (C=O) groups excluding carboxylic acids is 2. The van der Waals surface area contributed by atoms with Crippen molar-refractivity contribution in [3.8, 4) is 0 Å². The highest BCUT2D eigenvalue weighted by atomic mass is 32.2. The average molecular weight is 246 g/mol. The van der Waals surface area contributed by atoms with Crippen LogP contribution < -0.4 is 10.6 Å². The van der Waals surface area contributed by atoms with Crippen LogP contribution in [0.4, 0.5) is 4.79 Å². The third kappa shape index (κ3) is 2.89. The minimum atomic E-state index is -1.03. The molecule has 0 aromatic carbocycles. The highest BCUT2D eigenvalue weighted by molar-refractivity contribution is 8.14. The number of nitrogens with one attached hydrogen (secondary N) is 2. The van der Waals surface area contributed by atoms with Crippen LogP contribution in [0.1, 0.15) is 27.7 Å². The predicted molar refractivity (Wildman–Crippen MR) is 63.3 cm³/mol. The number of thioether (sulfide) groups is 1. The number of hydrogen-bond donors (Lipinski definition) is 3. The summed E-state index contributed by atoms with van der Waals surface area (Å²) < 4.78 is 0. The van der Waals surface area contributed by atoms with Crippen molar-refractivity contribution in [1.29, 1.82) is 0 Å². The van der Waals surface area contributed by atoms with E-state index in [9.17, 15) is 14.7 Å². The van der Waals surface area contributed by atoms with E-state index in [1.807, 2.05) is 0 Å². The molecule has 0 saturated carbocycles. The Morgan fingerprint density at radius 3 is 2.44 bits per heavy atom. The minimum absolute atomic E-state index is 0.179. The van der Waals surface area contributed by atoms with Gasteiger partial charge in [0.15, 0.2) is 0 Å². The van der Waals surface area contributed by atoms with Crippen LogP contribution in [0.2, 0.25) is 0 Å². The van der Waals surface area contributed by atoms with Gasteiger partial charge in [-0.25, -0.2) is 0 Å². The third-order valence-corrected chi connectivity index (χ3v) is 3.83. The number of aliphatic hydroxyl groups is 1. The van der Waals surface area contributed by atoms with Crippen molar-refractivity contribution in [1.82, 2.24) is 10.6 Å². The van der Waals surface area contributed by atoms with E-state index >= 15 is 0 Å². The second-order valence-corrected chi connectivity index (χ2v) is 5.96. The van der Waals surface area contributed by atoms with Crippen LogP contribution in [-0.4, -0.2) is 39.2 Å². The molecule has 0 aromatic rings. The molecule has 1 fully saturated rings. The molecule has 0 bridgehead atoms. The van der Waals surface area contributed by atoms with Crippen molar-refractivity contribution >= 4 is 22.9 Å². The summed E-state index contributed by atoms with van der Waals surface area (Å²) in [5, 5.41) is 15.0. The number of carbonyl (C=O) groups is 2. The van der Waals surface area contributed by atoms with Crippen LogP contribution in [0.15, 0.2) is 0 Å². The number of amides is 2. The summed E-state index contributed by atoms with van der Waals surface area (Å²) in [5.74, 6) is 0.178. The van der Waals surface area contributed by atoms with E-state index in [-0.39, 0.29) is 11.1 Å². The van der Waals surface area contributed by atoms with Crippen molar-refractivity contribution < 1.29 is 14.7 Å². The largest absolute Gasteiger partial charge is 0.388 e. The molecule has 1 unspecified atom stereocenters. The van der Waals surface area contributed by atoms with E-state index in [0.717, 1.165) is 11.8 Å². The molecule has 0 aromatic heterocycles. The molecule has 5 nitrogen and oxygen atoms in total. The summed E-state index contributed by atoms with van der Waals surface area (Å²) in [6, 6.07) is -0.501. The minimum Gasteiger partial charge on any atom is -0.388 e. The highest BCUT2D eigenvalue weighted by Crippen LogP contribution is 2.21. The Balaban J connectivity index is 2.61. The van der Waals surface area contributed by atoms with E-state index in [1.54, 1.807) is 27.7 Å². The molecule has 1 aliphatic heterocycles. The molecular formula is C10H18N2O3S. The van der Waals surface area contributed by atoms with Gasteiger partial charge in [0.1, 0.15) is 6.04 Å². The van der Waals surface area contributed by atoms with Gasteiger partial charge in [0.05, 0.1) is 11.1 Å². The zero-order valence-electron chi connectivity index (χ0n) is 9.96. The Kier molecular flexibility index (Phi) is 3.54. The third-order valence-electron chi connectivity index (χ3n) is 2.95.